The number of carbonyl (C=O) groups is 3. The van der Waals surface area contributed by atoms with Crippen molar-refractivity contribution >= 4 is 35.0 Å². The number of imide groups is 1. The normalized spacial score (nSPS) is 23.1. The second-order valence-electron chi connectivity index (χ2n) is 9.65. The van der Waals surface area contributed by atoms with Crippen LogP contribution in [0.25, 0.3) is 0 Å². The van der Waals surface area contributed by atoms with Gasteiger partial charge in [-0.25, -0.2) is 0 Å². The fourth-order valence-corrected chi connectivity index (χ4v) is 5.66. The van der Waals surface area contributed by atoms with Gasteiger partial charge in [-0.1, -0.05) is 29.8 Å². The third-order valence-corrected chi connectivity index (χ3v) is 7.81. The zero-order chi connectivity index (χ0) is 23.7. The molecule has 34 heavy (non-hydrogen) atoms. The highest BCUT2D eigenvalue weighted by atomic mass is 35.5. The quantitative estimate of drug-likeness (QED) is 0.621. The molecule has 0 spiro atoms. The molecule has 1 saturated carbocycles. The maximum Gasteiger partial charge on any atom is 0.260 e. The summed E-state index contributed by atoms with van der Waals surface area (Å²) < 4.78 is 0. The zero-order valence-corrected chi connectivity index (χ0v) is 20.0. The molecule has 0 atom stereocenters. The van der Waals surface area contributed by atoms with E-state index in [2.05, 4.69) is 4.90 Å². The van der Waals surface area contributed by atoms with Crippen LogP contribution in [0.5, 0.6) is 0 Å². The first-order valence-electron chi connectivity index (χ1n) is 12.2. The molecule has 0 N–H and O–H groups in total. The molecule has 1 saturated heterocycles. The molecule has 0 bridgehead atoms. The van der Waals surface area contributed by atoms with Crippen molar-refractivity contribution in [3.05, 3.63) is 64.7 Å². The van der Waals surface area contributed by atoms with Crippen LogP contribution in [-0.2, 0) is 16.0 Å². The summed E-state index contributed by atoms with van der Waals surface area (Å²) in [5.41, 5.74) is 2.60. The van der Waals surface area contributed by atoms with Crippen molar-refractivity contribution in [2.75, 3.05) is 37.6 Å². The van der Waals surface area contributed by atoms with Crippen molar-refractivity contribution in [2.45, 2.75) is 32.1 Å². The molecule has 2 heterocycles. The molecule has 2 aromatic carbocycles. The Morgan fingerprint density at radius 2 is 1.56 bits per heavy atom. The molecular weight excluding hydrogens is 450 g/mol. The molecule has 1 aliphatic carbocycles. The lowest BCUT2D eigenvalue weighted by molar-refractivity contribution is -0.137. The predicted molar refractivity (Wildman–Crippen MR) is 132 cm³/mol. The molecule has 6 nitrogen and oxygen atoms in total. The summed E-state index contributed by atoms with van der Waals surface area (Å²) in [6, 6.07) is 15.2. The molecule has 2 aromatic rings. The molecule has 2 fully saturated rings. The van der Waals surface area contributed by atoms with Crippen LogP contribution >= 0.6 is 11.6 Å². The van der Waals surface area contributed by atoms with Crippen LogP contribution in [0.4, 0.5) is 5.69 Å². The van der Waals surface area contributed by atoms with E-state index in [1.54, 1.807) is 6.07 Å². The number of carbonyl (C=O) groups excluding carboxylic acids is 3. The first-order chi connectivity index (χ1) is 16.5. The molecule has 3 aliphatic rings. The first kappa shape index (κ1) is 22.9. The average molecular weight is 480 g/mol. The Morgan fingerprint density at radius 1 is 0.882 bits per heavy atom. The van der Waals surface area contributed by atoms with Crippen LogP contribution in [0.1, 0.15) is 41.6 Å². The van der Waals surface area contributed by atoms with E-state index in [4.69, 9.17) is 11.6 Å². The van der Waals surface area contributed by atoms with Gasteiger partial charge >= 0.3 is 0 Å². The Labute approximate surface area is 205 Å². The van der Waals surface area contributed by atoms with Gasteiger partial charge in [-0.2, -0.15) is 0 Å². The standard InChI is InChI=1S/C27H30ClN3O3/c28-22-9-11-23(12-10-22)29-13-15-30(16-14-29)26(33)20-7-5-19(6-8-20)18-31-25(32)17-21-3-1-2-4-24(21)27(31)34/h1-4,9-12,19-20H,5-8,13-18H2. The van der Waals surface area contributed by atoms with Gasteiger partial charge in [-0.3, -0.25) is 19.3 Å². The second kappa shape index (κ2) is 9.79. The number of amides is 3. The molecular formula is C27H30ClN3O3. The van der Waals surface area contributed by atoms with Gasteiger partial charge in [0, 0.05) is 54.9 Å². The Bertz CT molecular complexity index is 1070. The summed E-state index contributed by atoms with van der Waals surface area (Å²) in [7, 11) is 0. The van der Waals surface area contributed by atoms with Crippen LogP contribution in [0.15, 0.2) is 48.5 Å². The first-order valence-corrected chi connectivity index (χ1v) is 12.6. The number of rotatable bonds is 4. The largest absolute Gasteiger partial charge is 0.368 e. The van der Waals surface area contributed by atoms with E-state index in [9.17, 15) is 14.4 Å². The highest BCUT2D eigenvalue weighted by molar-refractivity contribution is 6.30. The molecule has 0 aromatic heterocycles. The SMILES string of the molecule is O=C(C1CCC(CN2C(=O)Cc3ccccc3C2=O)CC1)N1CCN(c2ccc(Cl)cc2)CC1. The van der Waals surface area contributed by atoms with Gasteiger partial charge < -0.3 is 9.80 Å². The Balaban J connectivity index is 1.11. The number of hydrogen-bond donors (Lipinski definition) is 0. The van der Waals surface area contributed by atoms with Crippen LogP contribution in [0.2, 0.25) is 5.02 Å². The predicted octanol–water partition coefficient (Wildman–Crippen LogP) is 4.02. The minimum absolute atomic E-state index is 0.0480. The number of benzene rings is 2. The lowest BCUT2D eigenvalue weighted by atomic mass is 9.80. The summed E-state index contributed by atoms with van der Waals surface area (Å²) in [4.78, 5) is 44.3. The highest BCUT2D eigenvalue weighted by Crippen LogP contribution is 2.32. The Kier molecular flexibility index (Phi) is 6.59. The second-order valence-corrected chi connectivity index (χ2v) is 10.1. The van der Waals surface area contributed by atoms with Crippen molar-refractivity contribution in [1.82, 2.24) is 9.80 Å². The molecule has 2 aliphatic heterocycles. The smallest absolute Gasteiger partial charge is 0.260 e. The van der Waals surface area contributed by atoms with Gasteiger partial charge in [0.15, 0.2) is 0 Å². The number of piperazine rings is 1. The van der Waals surface area contributed by atoms with Gasteiger partial charge in [0.2, 0.25) is 11.8 Å². The summed E-state index contributed by atoms with van der Waals surface area (Å²) >= 11 is 5.99. The maximum atomic E-state index is 13.2. The van der Waals surface area contributed by atoms with Gasteiger partial charge in [0.05, 0.1) is 6.42 Å². The number of nitrogens with zero attached hydrogens (tertiary/aromatic N) is 3. The fraction of sp³-hybridized carbons (Fsp3) is 0.444. The average Bonchev–Trinajstić information content (AvgIpc) is 2.87. The number of anilines is 1. The minimum Gasteiger partial charge on any atom is -0.368 e. The lowest BCUT2D eigenvalue weighted by Crippen LogP contribution is -2.51. The van der Waals surface area contributed by atoms with E-state index in [1.165, 1.54) is 4.90 Å². The van der Waals surface area contributed by atoms with Crippen molar-refractivity contribution < 1.29 is 14.4 Å². The molecule has 5 rings (SSSR count). The van der Waals surface area contributed by atoms with E-state index < -0.39 is 0 Å². The van der Waals surface area contributed by atoms with Gasteiger partial charge in [0.1, 0.15) is 0 Å². The van der Waals surface area contributed by atoms with Gasteiger partial charge in [-0.05, 0) is 67.5 Å². The van der Waals surface area contributed by atoms with Crippen molar-refractivity contribution in [3.8, 4) is 0 Å². The van der Waals surface area contributed by atoms with Crippen molar-refractivity contribution in [1.29, 1.82) is 0 Å². The van der Waals surface area contributed by atoms with Crippen molar-refractivity contribution in [2.24, 2.45) is 11.8 Å². The monoisotopic (exact) mass is 479 g/mol. The van der Waals surface area contributed by atoms with Crippen LogP contribution < -0.4 is 4.90 Å². The molecule has 7 heteroatoms. The van der Waals surface area contributed by atoms with Crippen LogP contribution in [0.3, 0.4) is 0 Å². The van der Waals surface area contributed by atoms with Gasteiger partial charge in [-0.15, -0.1) is 0 Å². The molecule has 0 unspecified atom stereocenters. The topological polar surface area (TPSA) is 60.9 Å². The number of halogens is 1. The van der Waals surface area contributed by atoms with E-state index in [-0.39, 0.29) is 36.0 Å². The van der Waals surface area contributed by atoms with E-state index in [0.29, 0.717) is 12.1 Å². The van der Waals surface area contributed by atoms with Crippen molar-refractivity contribution in [3.63, 3.8) is 0 Å². The maximum absolute atomic E-state index is 13.2. The van der Waals surface area contributed by atoms with Crippen LogP contribution in [-0.4, -0.2) is 60.2 Å². The summed E-state index contributed by atoms with van der Waals surface area (Å²) in [6.45, 7) is 3.58. The van der Waals surface area contributed by atoms with E-state index in [0.717, 1.165) is 68.1 Å². The molecule has 3 amide bonds. The summed E-state index contributed by atoms with van der Waals surface area (Å²) in [6.07, 6.45) is 3.69. The highest BCUT2D eigenvalue weighted by Gasteiger charge is 2.35. The lowest BCUT2D eigenvalue weighted by Gasteiger charge is -2.39. The minimum atomic E-state index is -0.177. The van der Waals surface area contributed by atoms with E-state index >= 15 is 0 Å². The molecule has 178 valence electrons. The number of hydrogen-bond acceptors (Lipinski definition) is 4. The summed E-state index contributed by atoms with van der Waals surface area (Å²) in [5.74, 6) is 0.285. The van der Waals surface area contributed by atoms with E-state index in [1.807, 2.05) is 47.4 Å². The zero-order valence-electron chi connectivity index (χ0n) is 19.3. The number of fused-ring (bicyclic) bond motifs is 1. The molecule has 0 radical (unpaired) electrons. The van der Waals surface area contributed by atoms with Gasteiger partial charge in [0.25, 0.3) is 5.91 Å². The summed E-state index contributed by atoms with van der Waals surface area (Å²) in [5, 5.41) is 0.729. The van der Waals surface area contributed by atoms with Crippen LogP contribution in [0, 0.1) is 11.8 Å². The Morgan fingerprint density at radius 3 is 2.26 bits per heavy atom. The Hall–Kier alpha value is -2.86. The third-order valence-electron chi connectivity index (χ3n) is 7.56. The third kappa shape index (κ3) is 4.69. The fourth-order valence-electron chi connectivity index (χ4n) is 5.53.